The maximum Gasteiger partial charge on any atom is 1.00 e. The molecule has 1 atom stereocenters. The van der Waals surface area contributed by atoms with Crippen LogP contribution < -0.4 is 98.8 Å². The average molecular weight is 534 g/mol. The van der Waals surface area contributed by atoms with Crippen LogP contribution in [-0.4, -0.2) is 49.6 Å². The fraction of sp³-hybridized carbons (Fsp3) is 0.0625. The summed E-state index contributed by atoms with van der Waals surface area (Å²) < 4.78 is 68.3. The van der Waals surface area contributed by atoms with Gasteiger partial charge in [-0.05, 0) is 24.3 Å². The van der Waals surface area contributed by atoms with Crippen molar-refractivity contribution in [3.63, 3.8) is 0 Å². The van der Waals surface area contributed by atoms with Crippen molar-refractivity contribution in [1.29, 1.82) is 0 Å². The van der Waals surface area contributed by atoms with Crippen LogP contribution in [0.4, 0.5) is 11.4 Å². The van der Waals surface area contributed by atoms with Gasteiger partial charge in [0.1, 0.15) is 31.6 Å². The smallest absolute Gasteiger partial charge is 0.744 e. The van der Waals surface area contributed by atoms with Crippen molar-refractivity contribution in [1.82, 2.24) is 0 Å². The third kappa shape index (κ3) is 7.49. The summed E-state index contributed by atoms with van der Waals surface area (Å²) in [6.45, 7) is 0. The van der Waals surface area contributed by atoms with Gasteiger partial charge in [-0.2, -0.15) is 20.3 Å². The van der Waals surface area contributed by atoms with Crippen molar-refractivity contribution < 1.29 is 129 Å². The first-order valence-electron chi connectivity index (χ1n) is 8.06. The molecule has 13 nitrogen and oxygen atoms in total. The molecule has 2 aromatic carbocycles. The van der Waals surface area contributed by atoms with E-state index < -0.39 is 65.0 Å². The minimum Gasteiger partial charge on any atom is -0.744 e. The molecule has 1 unspecified atom stereocenters. The van der Waals surface area contributed by atoms with Gasteiger partial charge in [0, 0.05) is 0 Å². The Bertz CT molecular complexity index is 1370. The number of carbonyl (C=O) groups is 2. The molecule has 1 aliphatic rings. The van der Waals surface area contributed by atoms with Gasteiger partial charge in [-0.15, -0.1) is 0 Å². The van der Waals surface area contributed by atoms with Crippen molar-refractivity contribution >= 4 is 49.2 Å². The fourth-order valence-corrected chi connectivity index (χ4v) is 3.85. The molecule has 2 aromatic rings. The van der Waals surface area contributed by atoms with E-state index in [-0.39, 0.29) is 88.7 Å². The van der Waals surface area contributed by atoms with Gasteiger partial charge in [0.2, 0.25) is 0 Å². The topological polar surface area (TPSA) is 212 Å². The van der Waals surface area contributed by atoms with Crippen LogP contribution >= 0.6 is 0 Å². The first-order chi connectivity index (χ1) is 14.4. The number of hydrogen-bond donors (Lipinski definition) is 0. The molecule has 1 amide bonds. The molecule has 0 aliphatic carbocycles. The molecule has 1 aliphatic heterocycles. The molecule has 0 saturated heterocycles. The van der Waals surface area contributed by atoms with Crippen LogP contribution in [0.2, 0.25) is 0 Å². The largest absolute Gasteiger partial charge is 1.00 e. The molecule has 18 heteroatoms. The van der Waals surface area contributed by atoms with Crippen molar-refractivity contribution in [2.45, 2.75) is 15.8 Å². The monoisotopic (exact) mass is 534 g/mol. The molecule has 162 valence electrons. The predicted molar refractivity (Wildman–Crippen MR) is 97.0 cm³/mol. The summed E-state index contributed by atoms with van der Waals surface area (Å²) in [6, 6.07) is 7.01. The van der Waals surface area contributed by atoms with E-state index in [2.05, 4.69) is 15.3 Å². The SMILES string of the molecule is O=C([O-])C1=NN(c2ccccc2S(=O)(=O)[O-])C(=O)C1N=Nc1ccccc1S(=O)(=O)[O-].[Na+].[Na+].[Na+]. The molecule has 0 bridgehead atoms. The van der Waals surface area contributed by atoms with Gasteiger partial charge in [-0.1, -0.05) is 24.3 Å². The second-order valence-electron chi connectivity index (χ2n) is 5.88. The second-order valence-corrected chi connectivity index (χ2v) is 8.58. The Labute approximate surface area is 260 Å². The van der Waals surface area contributed by atoms with Gasteiger partial charge >= 0.3 is 88.7 Å². The normalized spacial score (nSPS) is 15.7. The molecule has 0 aromatic heterocycles. The Morgan fingerprint density at radius 1 is 0.882 bits per heavy atom. The quantitative estimate of drug-likeness (QED) is 0.195. The number of para-hydroxylation sites is 1. The summed E-state index contributed by atoms with van der Waals surface area (Å²) in [5.74, 6) is -3.16. The third-order valence-electron chi connectivity index (χ3n) is 3.90. The number of aliphatic carboxylic acids is 1. The molecular formula is C16H9N4Na3O9S2. The number of nitrogens with zero attached hydrogens (tertiary/aromatic N) is 4. The number of azo groups is 1. The van der Waals surface area contributed by atoms with Gasteiger partial charge < -0.3 is 19.0 Å². The van der Waals surface area contributed by atoms with Gasteiger partial charge in [-0.25, -0.2) is 16.8 Å². The standard InChI is InChI=1S/C16H12N4O9S2.3Na/c21-15-13(18-17-9-5-1-3-7-11(9)30(24,25)26)14(16(22)23)19-20(15)10-6-2-4-8-12(10)31(27,28)29;;;/h1-8,13H,(H,22,23)(H,24,25,26)(H,27,28,29);;;/q;3*+1/p-3. The summed E-state index contributed by atoms with van der Waals surface area (Å²) in [5, 5.41) is 22.2. The van der Waals surface area contributed by atoms with Crippen LogP contribution in [-0.2, 0) is 29.8 Å². The van der Waals surface area contributed by atoms with Crippen LogP contribution in [0.3, 0.4) is 0 Å². The Morgan fingerprint density at radius 2 is 1.38 bits per heavy atom. The van der Waals surface area contributed by atoms with Crippen molar-refractivity contribution in [2.75, 3.05) is 5.01 Å². The summed E-state index contributed by atoms with van der Waals surface area (Å²) in [7, 11) is -10.0. The number of hydrazone groups is 1. The van der Waals surface area contributed by atoms with Crippen LogP contribution in [0, 0.1) is 0 Å². The Morgan fingerprint density at radius 3 is 1.91 bits per heavy atom. The van der Waals surface area contributed by atoms with E-state index in [4.69, 9.17) is 0 Å². The van der Waals surface area contributed by atoms with Crippen molar-refractivity contribution in [2.24, 2.45) is 15.3 Å². The Balaban J connectivity index is 0.00000363. The number of hydrogen-bond acceptors (Lipinski definition) is 12. The summed E-state index contributed by atoms with van der Waals surface area (Å²) in [4.78, 5) is 22.5. The molecule has 0 saturated carbocycles. The second kappa shape index (κ2) is 13.1. The zero-order valence-corrected chi connectivity index (χ0v) is 25.6. The molecule has 0 fully saturated rings. The number of benzene rings is 2. The average Bonchev–Trinajstić information content (AvgIpc) is 3.02. The molecule has 0 spiro atoms. The van der Waals surface area contributed by atoms with Crippen molar-refractivity contribution in [3.8, 4) is 0 Å². The van der Waals surface area contributed by atoms with Crippen molar-refractivity contribution in [3.05, 3.63) is 48.5 Å². The van der Waals surface area contributed by atoms with Crippen LogP contribution in [0.5, 0.6) is 0 Å². The molecule has 1 heterocycles. The van der Waals surface area contributed by atoms with E-state index in [9.17, 15) is 40.6 Å². The maximum absolute atomic E-state index is 12.7. The van der Waals surface area contributed by atoms with E-state index in [0.717, 1.165) is 24.3 Å². The van der Waals surface area contributed by atoms with Crippen LogP contribution in [0.1, 0.15) is 0 Å². The number of rotatable bonds is 6. The van der Waals surface area contributed by atoms with Gasteiger partial charge in [-0.3, -0.25) is 4.79 Å². The van der Waals surface area contributed by atoms with Crippen LogP contribution in [0.15, 0.2) is 73.7 Å². The number of carboxylic acids is 1. The van der Waals surface area contributed by atoms with E-state index in [0.29, 0.717) is 5.01 Å². The van der Waals surface area contributed by atoms with E-state index in [1.165, 1.54) is 24.3 Å². The van der Waals surface area contributed by atoms with E-state index in [1.54, 1.807) is 0 Å². The number of anilines is 1. The van der Waals surface area contributed by atoms with E-state index in [1.807, 2.05) is 0 Å². The van der Waals surface area contributed by atoms with Gasteiger partial charge in [0.25, 0.3) is 5.91 Å². The summed E-state index contributed by atoms with van der Waals surface area (Å²) in [5.41, 5.74) is -1.97. The predicted octanol–water partition coefficient (Wildman–Crippen LogP) is -9.89. The molecule has 34 heavy (non-hydrogen) atoms. The zero-order chi connectivity index (χ0) is 23.0. The first-order valence-corrected chi connectivity index (χ1v) is 10.9. The minimum atomic E-state index is -5.06. The molecule has 0 radical (unpaired) electrons. The van der Waals surface area contributed by atoms with Gasteiger partial charge in [0.05, 0.1) is 21.4 Å². The molecular weight excluding hydrogens is 525 g/mol. The molecule has 0 N–H and O–H groups in total. The Hall–Kier alpha value is -0.530. The van der Waals surface area contributed by atoms with E-state index >= 15 is 0 Å². The first kappa shape index (κ1) is 33.5. The summed E-state index contributed by atoms with van der Waals surface area (Å²) >= 11 is 0. The van der Waals surface area contributed by atoms with Gasteiger partial charge in [0.15, 0.2) is 6.04 Å². The number of carbonyl (C=O) groups excluding carboxylic acids is 2. The van der Waals surface area contributed by atoms with Crippen LogP contribution in [0.25, 0.3) is 0 Å². The number of carboxylic acid groups (broad SMARTS) is 1. The fourth-order valence-electron chi connectivity index (χ4n) is 2.59. The maximum atomic E-state index is 12.7. The number of amides is 1. The minimum absolute atomic E-state index is 0. The third-order valence-corrected chi connectivity index (χ3v) is 5.66. The zero-order valence-electron chi connectivity index (χ0n) is 18.0. The summed E-state index contributed by atoms with van der Waals surface area (Å²) in [6.07, 6.45) is 0. The molecule has 3 rings (SSSR count). The Kier molecular flexibility index (Phi) is 12.9.